The molecule has 1 amide bonds. The summed E-state index contributed by atoms with van der Waals surface area (Å²) in [4.78, 5) is 13.8. The standard InChI is InChI=1S/C23H18Cl2N4OS/c1-12-8-16(14(3)29(12)23-18(11-27)13(2)15(4)31-23)9-17(10-26)22(30)28-20-7-5-6-19(24)21(20)25/h5-9H,1-4H3,(H,28,30)/b17-9-. The predicted octanol–water partition coefficient (Wildman–Crippen LogP) is 6.50. The highest BCUT2D eigenvalue weighted by Gasteiger charge is 2.19. The van der Waals surface area contributed by atoms with Gasteiger partial charge in [-0.2, -0.15) is 10.5 Å². The Hall–Kier alpha value is -3.03. The lowest BCUT2D eigenvalue weighted by Gasteiger charge is -2.08. The molecule has 0 aliphatic carbocycles. The molecule has 5 nitrogen and oxygen atoms in total. The van der Waals surface area contributed by atoms with Crippen LogP contribution in [0.1, 0.15) is 33.0 Å². The van der Waals surface area contributed by atoms with Gasteiger partial charge in [-0.25, -0.2) is 0 Å². The van der Waals surface area contributed by atoms with Crippen molar-refractivity contribution in [3.8, 4) is 17.1 Å². The van der Waals surface area contributed by atoms with Crippen LogP contribution in [0.3, 0.4) is 0 Å². The largest absolute Gasteiger partial charge is 0.320 e. The van der Waals surface area contributed by atoms with Gasteiger partial charge < -0.3 is 9.88 Å². The van der Waals surface area contributed by atoms with Crippen LogP contribution in [0.5, 0.6) is 0 Å². The Morgan fingerprint density at radius 1 is 1.19 bits per heavy atom. The van der Waals surface area contributed by atoms with Crippen LogP contribution in [0.2, 0.25) is 10.0 Å². The highest BCUT2D eigenvalue weighted by molar-refractivity contribution is 7.14. The van der Waals surface area contributed by atoms with Crippen molar-refractivity contribution in [3.63, 3.8) is 0 Å². The van der Waals surface area contributed by atoms with Crippen molar-refractivity contribution in [1.82, 2.24) is 4.57 Å². The average molecular weight is 469 g/mol. The number of anilines is 1. The maximum atomic E-state index is 12.7. The van der Waals surface area contributed by atoms with Crippen molar-refractivity contribution in [1.29, 1.82) is 10.5 Å². The van der Waals surface area contributed by atoms with E-state index >= 15 is 0 Å². The molecule has 0 aliphatic heterocycles. The third kappa shape index (κ3) is 4.24. The van der Waals surface area contributed by atoms with E-state index in [-0.39, 0.29) is 10.6 Å². The van der Waals surface area contributed by atoms with Crippen LogP contribution in [-0.4, -0.2) is 10.5 Å². The number of hydrogen-bond acceptors (Lipinski definition) is 4. The molecule has 1 aromatic carbocycles. The molecule has 0 aliphatic rings. The van der Waals surface area contributed by atoms with E-state index in [9.17, 15) is 15.3 Å². The maximum Gasteiger partial charge on any atom is 0.266 e. The lowest BCUT2D eigenvalue weighted by Crippen LogP contribution is -2.13. The second-order valence-electron chi connectivity index (χ2n) is 6.96. The third-order valence-corrected chi connectivity index (χ3v) is 7.03. The van der Waals surface area contributed by atoms with Gasteiger partial charge in [0.25, 0.3) is 5.91 Å². The first kappa shape index (κ1) is 22.7. The molecule has 0 fully saturated rings. The van der Waals surface area contributed by atoms with E-state index in [1.54, 1.807) is 29.5 Å². The Labute approximate surface area is 194 Å². The molecule has 0 saturated heterocycles. The second-order valence-corrected chi connectivity index (χ2v) is 8.95. The number of aromatic nitrogens is 1. The van der Waals surface area contributed by atoms with Gasteiger partial charge in [0.2, 0.25) is 0 Å². The first-order valence-electron chi connectivity index (χ1n) is 9.26. The molecule has 2 aromatic heterocycles. The summed E-state index contributed by atoms with van der Waals surface area (Å²) in [6.07, 6.45) is 1.53. The minimum Gasteiger partial charge on any atom is -0.320 e. The van der Waals surface area contributed by atoms with E-state index in [0.29, 0.717) is 21.8 Å². The lowest BCUT2D eigenvalue weighted by atomic mass is 10.1. The van der Waals surface area contributed by atoms with Crippen molar-refractivity contribution in [2.24, 2.45) is 0 Å². The second kappa shape index (κ2) is 8.99. The number of thiophene rings is 1. The molecule has 2 heterocycles. The number of carbonyl (C=O) groups is 1. The molecule has 3 rings (SSSR count). The van der Waals surface area contributed by atoms with E-state index in [0.717, 1.165) is 26.8 Å². The molecule has 0 unspecified atom stereocenters. The van der Waals surface area contributed by atoms with E-state index in [1.165, 1.54) is 6.08 Å². The molecule has 8 heteroatoms. The quantitative estimate of drug-likeness (QED) is 0.350. The van der Waals surface area contributed by atoms with Gasteiger partial charge >= 0.3 is 0 Å². The molecule has 1 N–H and O–H groups in total. The van der Waals surface area contributed by atoms with E-state index < -0.39 is 5.91 Å². The number of amides is 1. The maximum absolute atomic E-state index is 12.7. The average Bonchev–Trinajstić information content (AvgIpc) is 3.17. The molecule has 0 spiro atoms. The number of nitrogens with zero attached hydrogens (tertiary/aromatic N) is 3. The molecule has 0 atom stereocenters. The van der Waals surface area contributed by atoms with Crippen molar-refractivity contribution >= 4 is 52.2 Å². The molecule has 0 bridgehead atoms. The van der Waals surface area contributed by atoms with Crippen LogP contribution in [0, 0.1) is 50.4 Å². The highest BCUT2D eigenvalue weighted by Crippen LogP contribution is 2.34. The fraction of sp³-hybridized carbons (Fsp3) is 0.174. The Bertz CT molecular complexity index is 1320. The fourth-order valence-corrected chi connectivity index (χ4v) is 4.80. The van der Waals surface area contributed by atoms with Crippen LogP contribution in [0.4, 0.5) is 5.69 Å². The van der Waals surface area contributed by atoms with E-state index in [2.05, 4.69) is 11.4 Å². The summed E-state index contributed by atoms with van der Waals surface area (Å²) >= 11 is 13.7. The zero-order valence-electron chi connectivity index (χ0n) is 17.3. The summed E-state index contributed by atoms with van der Waals surface area (Å²) < 4.78 is 1.98. The lowest BCUT2D eigenvalue weighted by molar-refractivity contribution is -0.112. The van der Waals surface area contributed by atoms with E-state index in [1.807, 2.05) is 44.4 Å². The van der Waals surface area contributed by atoms with Crippen LogP contribution in [0.15, 0.2) is 29.8 Å². The Balaban J connectivity index is 2.02. The molecule has 0 saturated carbocycles. The fourth-order valence-electron chi connectivity index (χ4n) is 3.24. The Morgan fingerprint density at radius 2 is 1.90 bits per heavy atom. The van der Waals surface area contributed by atoms with Crippen molar-refractivity contribution in [2.45, 2.75) is 27.7 Å². The van der Waals surface area contributed by atoms with Crippen LogP contribution < -0.4 is 5.32 Å². The van der Waals surface area contributed by atoms with E-state index in [4.69, 9.17) is 23.2 Å². The van der Waals surface area contributed by atoms with Gasteiger partial charge in [0.1, 0.15) is 22.7 Å². The first-order valence-corrected chi connectivity index (χ1v) is 10.8. The minimum absolute atomic E-state index is 0.0738. The number of rotatable bonds is 4. The normalized spacial score (nSPS) is 11.2. The Kier molecular flexibility index (Phi) is 6.57. The number of nitriles is 2. The third-order valence-electron chi connectivity index (χ3n) is 5.02. The number of carbonyl (C=O) groups excluding carboxylic acids is 1. The molecular weight excluding hydrogens is 451 g/mol. The molecule has 31 heavy (non-hydrogen) atoms. The summed E-state index contributed by atoms with van der Waals surface area (Å²) in [6.45, 7) is 7.74. The number of benzene rings is 1. The van der Waals surface area contributed by atoms with Gasteiger partial charge in [-0.15, -0.1) is 11.3 Å². The summed E-state index contributed by atoms with van der Waals surface area (Å²) in [5.74, 6) is -0.586. The minimum atomic E-state index is -0.586. The monoisotopic (exact) mass is 468 g/mol. The molecule has 3 aromatic rings. The zero-order chi connectivity index (χ0) is 22.9. The Morgan fingerprint density at radius 3 is 2.55 bits per heavy atom. The van der Waals surface area contributed by atoms with Gasteiger partial charge in [0.05, 0.1) is 21.3 Å². The summed E-state index contributed by atoms with van der Waals surface area (Å²) in [5.41, 5.74) is 4.29. The van der Waals surface area contributed by atoms with Crippen molar-refractivity contribution < 1.29 is 4.79 Å². The summed E-state index contributed by atoms with van der Waals surface area (Å²) in [5, 5.41) is 23.2. The predicted molar refractivity (Wildman–Crippen MR) is 126 cm³/mol. The zero-order valence-corrected chi connectivity index (χ0v) is 19.6. The van der Waals surface area contributed by atoms with Crippen LogP contribution >= 0.6 is 34.5 Å². The topological polar surface area (TPSA) is 81.6 Å². The number of halogens is 2. The first-order chi connectivity index (χ1) is 14.7. The van der Waals surface area contributed by atoms with Gasteiger partial charge in [-0.1, -0.05) is 29.3 Å². The number of aryl methyl sites for hydroxylation is 2. The van der Waals surface area contributed by atoms with Crippen molar-refractivity contribution in [3.05, 3.63) is 72.8 Å². The number of hydrogen-bond donors (Lipinski definition) is 1. The summed E-state index contributed by atoms with van der Waals surface area (Å²) in [7, 11) is 0. The van der Waals surface area contributed by atoms with Gasteiger partial charge in [-0.05, 0) is 63.1 Å². The van der Waals surface area contributed by atoms with Gasteiger partial charge in [0, 0.05) is 16.3 Å². The van der Waals surface area contributed by atoms with Gasteiger partial charge in [0.15, 0.2) is 0 Å². The van der Waals surface area contributed by atoms with Gasteiger partial charge in [-0.3, -0.25) is 4.79 Å². The van der Waals surface area contributed by atoms with Crippen LogP contribution in [0.25, 0.3) is 11.1 Å². The van der Waals surface area contributed by atoms with Crippen LogP contribution in [-0.2, 0) is 4.79 Å². The SMILES string of the molecule is Cc1sc(-n2c(C)cc(/C=C(/C#N)C(=O)Nc3cccc(Cl)c3Cl)c2C)c(C#N)c1C. The molecule has 0 radical (unpaired) electrons. The summed E-state index contributed by atoms with van der Waals surface area (Å²) in [6, 6.07) is 11.0. The molecule has 156 valence electrons. The highest BCUT2D eigenvalue weighted by atomic mass is 35.5. The number of nitrogens with one attached hydrogen (secondary N) is 1. The smallest absolute Gasteiger partial charge is 0.266 e. The van der Waals surface area contributed by atoms with Crippen molar-refractivity contribution in [2.75, 3.05) is 5.32 Å². The molecular formula is C23H18Cl2N4OS.